The van der Waals surface area contributed by atoms with Crippen LogP contribution in [-0.2, 0) is 0 Å². The number of rotatable bonds is 8. The van der Waals surface area contributed by atoms with E-state index < -0.39 is 0 Å². The SMILES string of the molecule is C#CCN(CC1CC1)C(CNC(C)C)C(C)C. The Hall–Kier alpha value is -0.520. The van der Waals surface area contributed by atoms with Gasteiger partial charge in [-0.1, -0.05) is 33.6 Å². The first-order valence-corrected chi connectivity index (χ1v) is 6.95. The minimum Gasteiger partial charge on any atom is -0.313 e. The molecule has 1 atom stereocenters. The van der Waals surface area contributed by atoms with Crippen molar-refractivity contribution in [1.82, 2.24) is 10.2 Å². The van der Waals surface area contributed by atoms with Gasteiger partial charge in [-0.15, -0.1) is 6.42 Å². The molecule has 1 unspecified atom stereocenters. The van der Waals surface area contributed by atoms with Crippen LogP contribution in [0.2, 0.25) is 0 Å². The topological polar surface area (TPSA) is 15.3 Å². The molecule has 0 heterocycles. The Morgan fingerprint density at radius 3 is 2.35 bits per heavy atom. The van der Waals surface area contributed by atoms with Crippen LogP contribution in [0.4, 0.5) is 0 Å². The van der Waals surface area contributed by atoms with Crippen molar-refractivity contribution in [2.45, 2.75) is 52.6 Å². The first-order valence-electron chi connectivity index (χ1n) is 6.95. The van der Waals surface area contributed by atoms with Crippen molar-refractivity contribution in [3.63, 3.8) is 0 Å². The maximum atomic E-state index is 5.51. The fraction of sp³-hybridized carbons (Fsp3) is 0.867. The maximum absolute atomic E-state index is 5.51. The van der Waals surface area contributed by atoms with Gasteiger partial charge in [0.1, 0.15) is 0 Å². The van der Waals surface area contributed by atoms with Crippen molar-refractivity contribution >= 4 is 0 Å². The quantitative estimate of drug-likeness (QED) is 0.651. The van der Waals surface area contributed by atoms with Crippen LogP contribution in [0.3, 0.4) is 0 Å². The molecule has 0 spiro atoms. The van der Waals surface area contributed by atoms with Gasteiger partial charge in [-0.3, -0.25) is 4.90 Å². The largest absolute Gasteiger partial charge is 0.313 e. The predicted octanol–water partition coefficient (Wildman–Crippen LogP) is 2.35. The molecule has 1 fully saturated rings. The van der Waals surface area contributed by atoms with Gasteiger partial charge in [-0.25, -0.2) is 0 Å². The molecule has 0 saturated heterocycles. The zero-order valence-corrected chi connectivity index (χ0v) is 11.9. The molecule has 0 amide bonds. The second kappa shape index (κ2) is 7.03. The highest BCUT2D eigenvalue weighted by Crippen LogP contribution is 2.30. The van der Waals surface area contributed by atoms with Crippen molar-refractivity contribution in [3.05, 3.63) is 0 Å². The van der Waals surface area contributed by atoms with Gasteiger partial charge in [0.05, 0.1) is 6.54 Å². The molecule has 0 bridgehead atoms. The number of terminal acetylenes is 1. The highest BCUT2D eigenvalue weighted by molar-refractivity contribution is 4.93. The number of hydrogen-bond acceptors (Lipinski definition) is 2. The van der Waals surface area contributed by atoms with Crippen molar-refractivity contribution in [2.75, 3.05) is 19.6 Å². The monoisotopic (exact) mass is 236 g/mol. The summed E-state index contributed by atoms with van der Waals surface area (Å²) in [6, 6.07) is 1.11. The first-order chi connectivity index (χ1) is 8.04. The molecule has 0 aromatic heterocycles. The summed E-state index contributed by atoms with van der Waals surface area (Å²) in [6.07, 6.45) is 8.29. The van der Waals surface area contributed by atoms with E-state index in [0.29, 0.717) is 18.0 Å². The van der Waals surface area contributed by atoms with Gasteiger partial charge in [-0.05, 0) is 24.7 Å². The van der Waals surface area contributed by atoms with Crippen LogP contribution in [0.5, 0.6) is 0 Å². The van der Waals surface area contributed by atoms with E-state index in [4.69, 9.17) is 6.42 Å². The average Bonchev–Trinajstić information content (AvgIpc) is 3.01. The molecule has 0 aromatic carbocycles. The van der Waals surface area contributed by atoms with E-state index in [2.05, 4.69) is 43.8 Å². The lowest BCUT2D eigenvalue weighted by molar-refractivity contribution is 0.161. The van der Waals surface area contributed by atoms with Crippen LogP contribution >= 0.6 is 0 Å². The van der Waals surface area contributed by atoms with E-state index in [0.717, 1.165) is 19.0 Å². The Kier molecular flexibility index (Phi) is 6.02. The van der Waals surface area contributed by atoms with Crippen LogP contribution in [0.15, 0.2) is 0 Å². The van der Waals surface area contributed by atoms with Gasteiger partial charge in [-0.2, -0.15) is 0 Å². The summed E-state index contributed by atoms with van der Waals surface area (Å²) in [5.74, 6) is 4.37. The molecular weight excluding hydrogens is 208 g/mol. The number of nitrogens with zero attached hydrogens (tertiary/aromatic N) is 1. The summed E-state index contributed by atoms with van der Waals surface area (Å²) in [6.45, 7) is 12.0. The molecule has 1 aliphatic carbocycles. The normalized spacial score (nSPS) is 17.8. The lowest BCUT2D eigenvalue weighted by Crippen LogP contribution is -2.48. The van der Waals surface area contributed by atoms with Gasteiger partial charge in [0.25, 0.3) is 0 Å². The summed E-state index contributed by atoms with van der Waals surface area (Å²) in [4.78, 5) is 2.50. The fourth-order valence-corrected chi connectivity index (χ4v) is 2.21. The molecule has 2 heteroatoms. The van der Waals surface area contributed by atoms with E-state index in [1.807, 2.05) is 0 Å². The zero-order chi connectivity index (χ0) is 12.8. The van der Waals surface area contributed by atoms with E-state index in [-0.39, 0.29) is 0 Å². The van der Waals surface area contributed by atoms with Gasteiger partial charge in [0.15, 0.2) is 0 Å². The van der Waals surface area contributed by atoms with E-state index in [1.54, 1.807) is 0 Å². The molecule has 0 aliphatic heterocycles. The fourth-order valence-electron chi connectivity index (χ4n) is 2.21. The van der Waals surface area contributed by atoms with E-state index >= 15 is 0 Å². The third kappa shape index (κ3) is 5.57. The van der Waals surface area contributed by atoms with E-state index in [1.165, 1.54) is 19.4 Å². The van der Waals surface area contributed by atoms with Crippen molar-refractivity contribution in [3.8, 4) is 12.3 Å². The van der Waals surface area contributed by atoms with Crippen LogP contribution in [0.25, 0.3) is 0 Å². The predicted molar refractivity (Wildman–Crippen MR) is 74.9 cm³/mol. The van der Waals surface area contributed by atoms with Gasteiger partial charge in [0, 0.05) is 25.2 Å². The molecule has 0 aromatic rings. The van der Waals surface area contributed by atoms with Gasteiger partial charge in [0.2, 0.25) is 0 Å². The standard InChI is InChI=1S/C15H28N2/c1-6-9-17(11-14-7-8-14)15(12(2)3)10-16-13(4)5/h1,12-16H,7-11H2,2-5H3. The zero-order valence-electron chi connectivity index (χ0n) is 11.9. The van der Waals surface area contributed by atoms with Gasteiger partial charge < -0.3 is 5.32 Å². The minimum absolute atomic E-state index is 0.546. The molecule has 1 N–H and O–H groups in total. The Morgan fingerprint density at radius 1 is 1.29 bits per heavy atom. The van der Waals surface area contributed by atoms with Crippen molar-refractivity contribution in [1.29, 1.82) is 0 Å². The molecule has 1 rings (SSSR count). The summed E-state index contributed by atoms with van der Waals surface area (Å²) in [5, 5.41) is 3.55. The molecular formula is C15H28N2. The second-order valence-corrected chi connectivity index (χ2v) is 5.95. The second-order valence-electron chi connectivity index (χ2n) is 5.95. The van der Waals surface area contributed by atoms with Crippen LogP contribution in [-0.4, -0.2) is 36.6 Å². The minimum atomic E-state index is 0.546. The summed E-state index contributed by atoms with van der Waals surface area (Å²) in [5.41, 5.74) is 0. The van der Waals surface area contributed by atoms with Crippen LogP contribution < -0.4 is 5.32 Å². The highest BCUT2D eigenvalue weighted by Gasteiger charge is 2.28. The number of nitrogens with one attached hydrogen (secondary N) is 1. The first kappa shape index (κ1) is 14.5. The smallest absolute Gasteiger partial charge is 0.0601 e. The van der Waals surface area contributed by atoms with Crippen molar-refractivity contribution in [2.24, 2.45) is 11.8 Å². The molecule has 1 saturated carbocycles. The Balaban J connectivity index is 2.52. The summed E-state index contributed by atoms with van der Waals surface area (Å²) >= 11 is 0. The van der Waals surface area contributed by atoms with E-state index in [9.17, 15) is 0 Å². The molecule has 0 radical (unpaired) electrons. The Bertz CT molecular complexity index is 248. The summed E-state index contributed by atoms with van der Waals surface area (Å²) in [7, 11) is 0. The molecule has 17 heavy (non-hydrogen) atoms. The van der Waals surface area contributed by atoms with Crippen LogP contribution in [0, 0.1) is 24.2 Å². The highest BCUT2D eigenvalue weighted by atomic mass is 15.2. The Morgan fingerprint density at radius 2 is 1.94 bits per heavy atom. The average molecular weight is 236 g/mol. The molecule has 1 aliphatic rings. The third-order valence-electron chi connectivity index (χ3n) is 3.46. The lowest BCUT2D eigenvalue weighted by Gasteiger charge is -2.34. The lowest BCUT2D eigenvalue weighted by atomic mass is 10.0. The maximum Gasteiger partial charge on any atom is 0.0601 e. The summed E-state index contributed by atoms with van der Waals surface area (Å²) < 4.78 is 0. The van der Waals surface area contributed by atoms with Crippen molar-refractivity contribution < 1.29 is 0 Å². The van der Waals surface area contributed by atoms with Gasteiger partial charge >= 0.3 is 0 Å². The molecule has 98 valence electrons. The third-order valence-corrected chi connectivity index (χ3v) is 3.46. The Labute approximate surface area is 107 Å². The van der Waals surface area contributed by atoms with Crippen LogP contribution in [0.1, 0.15) is 40.5 Å². The molecule has 2 nitrogen and oxygen atoms in total. The number of hydrogen-bond donors (Lipinski definition) is 1.